The molecule has 0 heterocycles. The van der Waals surface area contributed by atoms with E-state index in [9.17, 15) is 22.0 Å². The number of alkyl halides is 2. The van der Waals surface area contributed by atoms with Crippen LogP contribution in [-0.2, 0) is 9.84 Å². The summed E-state index contributed by atoms with van der Waals surface area (Å²) >= 11 is 5.85. The lowest BCUT2D eigenvalue weighted by molar-refractivity contribution is 0.0935. The Bertz CT molecular complexity index is 837. The van der Waals surface area contributed by atoms with Crippen LogP contribution in [-0.4, -0.2) is 20.1 Å². The van der Waals surface area contributed by atoms with Crippen molar-refractivity contribution in [1.29, 1.82) is 0 Å². The smallest absolute Gasteiger partial charge is 0.341 e. The highest BCUT2D eigenvalue weighted by atomic mass is 35.5. The van der Waals surface area contributed by atoms with Crippen molar-refractivity contribution in [2.24, 2.45) is 0 Å². The number of rotatable bonds is 6. The van der Waals surface area contributed by atoms with Crippen molar-refractivity contribution in [3.05, 3.63) is 64.7 Å². The van der Waals surface area contributed by atoms with Crippen LogP contribution in [0.15, 0.2) is 53.4 Å². The molecule has 0 aliphatic carbocycles. The molecular formula is C17H16ClF2NO3S. The Balaban J connectivity index is 2.16. The zero-order chi connectivity index (χ0) is 18.6. The van der Waals surface area contributed by atoms with E-state index in [4.69, 9.17) is 11.6 Å². The summed E-state index contributed by atoms with van der Waals surface area (Å²) < 4.78 is 47.8. The van der Waals surface area contributed by atoms with Crippen LogP contribution in [0.2, 0.25) is 5.02 Å². The third kappa shape index (κ3) is 4.55. The second kappa shape index (κ2) is 7.93. The lowest BCUT2D eigenvalue weighted by Gasteiger charge is -2.17. The molecule has 1 unspecified atom stereocenters. The first kappa shape index (κ1) is 19.3. The average molecular weight is 388 g/mol. The SMILES string of the molecule is CCC(NC(=O)c1ccc(S(=O)(=O)C(F)F)cc1)c1ccc(Cl)cc1. The second-order valence-corrected chi connectivity index (χ2v) is 7.67. The second-order valence-electron chi connectivity index (χ2n) is 5.32. The maximum atomic E-state index is 12.5. The van der Waals surface area contributed by atoms with Gasteiger partial charge < -0.3 is 5.32 Å². The molecule has 0 bridgehead atoms. The Morgan fingerprint density at radius 1 is 1.08 bits per heavy atom. The van der Waals surface area contributed by atoms with Gasteiger partial charge in [0.1, 0.15) is 0 Å². The molecule has 1 amide bonds. The summed E-state index contributed by atoms with van der Waals surface area (Å²) in [7, 11) is -4.67. The topological polar surface area (TPSA) is 63.2 Å². The zero-order valence-electron chi connectivity index (χ0n) is 13.2. The molecule has 25 heavy (non-hydrogen) atoms. The number of halogens is 3. The lowest BCUT2D eigenvalue weighted by Crippen LogP contribution is -2.28. The first-order valence-corrected chi connectivity index (χ1v) is 9.36. The Labute approximate surface area is 149 Å². The molecule has 0 saturated heterocycles. The molecule has 0 aliphatic heterocycles. The Morgan fingerprint density at radius 3 is 2.12 bits per heavy atom. The largest absolute Gasteiger partial charge is 0.345 e. The van der Waals surface area contributed by atoms with Gasteiger partial charge >= 0.3 is 5.76 Å². The van der Waals surface area contributed by atoms with Crippen molar-refractivity contribution in [1.82, 2.24) is 5.32 Å². The Hall–Kier alpha value is -1.99. The number of amides is 1. The molecule has 0 radical (unpaired) electrons. The first-order valence-electron chi connectivity index (χ1n) is 7.44. The van der Waals surface area contributed by atoms with Crippen molar-refractivity contribution in [3.8, 4) is 0 Å². The molecule has 2 aromatic rings. The van der Waals surface area contributed by atoms with Crippen molar-refractivity contribution in [2.75, 3.05) is 0 Å². The molecule has 0 fully saturated rings. The molecule has 0 aliphatic rings. The van der Waals surface area contributed by atoms with E-state index in [0.29, 0.717) is 11.4 Å². The van der Waals surface area contributed by atoms with E-state index in [1.807, 2.05) is 6.92 Å². The quantitative estimate of drug-likeness (QED) is 0.807. The standard InChI is InChI=1S/C17H16ClF2NO3S/c1-2-15(11-3-7-13(18)8-4-11)21-16(22)12-5-9-14(10-6-12)25(23,24)17(19)20/h3-10,15,17H,2H2,1H3,(H,21,22). The van der Waals surface area contributed by atoms with E-state index >= 15 is 0 Å². The van der Waals surface area contributed by atoms with Gasteiger partial charge in [0.2, 0.25) is 9.84 Å². The molecule has 1 atom stereocenters. The number of benzene rings is 2. The van der Waals surface area contributed by atoms with Gasteiger partial charge in [-0.15, -0.1) is 0 Å². The predicted molar refractivity (Wildman–Crippen MR) is 91.6 cm³/mol. The Morgan fingerprint density at radius 2 is 1.64 bits per heavy atom. The minimum atomic E-state index is -4.67. The highest BCUT2D eigenvalue weighted by Gasteiger charge is 2.26. The normalized spacial score (nSPS) is 12.8. The van der Waals surface area contributed by atoms with Gasteiger partial charge in [0.25, 0.3) is 5.91 Å². The summed E-state index contributed by atoms with van der Waals surface area (Å²) in [6.45, 7) is 1.90. The van der Waals surface area contributed by atoms with Crippen LogP contribution in [0.25, 0.3) is 0 Å². The summed E-state index contributed by atoms with van der Waals surface area (Å²) in [6.07, 6.45) is 0.630. The van der Waals surface area contributed by atoms with Crippen molar-refractivity contribution < 1.29 is 22.0 Å². The van der Waals surface area contributed by atoms with Gasteiger partial charge in [0, 0.05) is 10.6 Å². The van der Waals surface area contributed by atoms with Crippen LogP contribution in [0.1, 0.15) is 35.3 Å². The van der Waals surface area contributed by atoms with Gasteiger partial charge in [-0.3, -0.25) is 4.79 Å². The molecule has 8 heteroatoms. The third-order valence-corrected chi connectivity index (χ3v) is 5.32. The van der Waals surface area contributed by atoms with E-state index in [1.165, 1.54) is 12.1 Å². The number of hydrogen-bond donors (Lipinski definition) is 1. The maximum Gasteiger partial charge on any atom is 0.341 e. The summed E-state index contributed by atoms with van der Waals surface area (Å²) in [5.74, 6) is -3.93. The van der Waals surface area contributed by atoms with Gasteiger partial charge in [0.05, 0.1) is 10.9 Å². The van der Waals surface area contributed by atoms with Crippen LogP contribution in [0, 0.1) is 0 Å². The third-order valence-electron chi connectivity index (χ3n) is 3.67. The zero-order valence-corrected chi connectivity index (χ0v) is 14.8. The van der Waals surface area contributed by atoms with Crippen molar-refractivity contribution >= 4 is 27.3 Å². The van der Waals surface area contributed by atoms with Gasteiger partial charge in [-0.2, -0.15) is 8.78 Å². The number of hydrogen-bond acceptors (Lipinski definition) is 3. The molecule has 0 spiro atoms. The fourth-order valence-electron chi connectivity index (χ4n) is 2.26. The van der Waals surface area contributed by atoms with Crippen LogP contribution >= 0.6 is 11.6 Å². The van der Waals surface area contributed by atoms with Crippen LogP contribution < -0.4 is 5.32 Å². The van der Waals surface area contributed by atoms with Crippen LogP contribution in [0.5, 0.6) is 0 Å². The molecule has 4 nitrogen and oxygen atoms in total. The molecule has 134 valence electrons. The average Bonchev–Trinajstić information content (AvgIpc) is 2.60. The predicted octanol–water partition coefficient (Wildman–Crippen LogP) is 4.22. The molecule has 2 aromatic carbocycles. The molecular weight excluding hydrogens is 372 g/mol. The fourth-order valence-corrected chi connectivity index (χ4v) is 3.10. The minimum Gasteiger partial charge on any atom is -0.345 e. The first-order chi connectivity index (χ1) is 11.8. The number of sulfone groups is 1. The summed E-state index contributed by atoms with van der Waals surface area (Å²) in [5.41, 5.74) is 1.05. The van der Waals surface area contributed by atoms with Crippen LogP contribution in [0.4, 0.5) is 8.78 Å². The highest BCUT2D eigenvalue weighted by molar-refractivity contribution is 7.91. The summed E-state index contributed by atoms with van der Waals surface area (Å²) in [5, 5.41) is 3.40. The number of nitrogens with one attached hydrogen (secondary N) is 1. The highest BCUT2D eigenvalue weighted by Crippen LogP contribution is 2.21. The van der Waals surface area contributed by atoms with Gasteiger partial charge in [0.15, 0.2) is 0 Å². The van der Waals surface area contributed by atoms with Gasteiger partial charge in [-0.25, -0.2) is 8.42 Å². The summed E-state index contributed by atoms with van der Waals surface area (Å²) in [6, 6.07) is 11.2. The minimum absolute atomic E-state index is 0.181. The van der Waals surface area contributed by atoms with Crippen molar-refractivity contribution in [3.63, 3.8) is 0 Å². The molecule has 1 N–H and O–H groups in total. The van der Waals surface area contributed by atoms with E-state index in [1.54, 1.807) is 24.3 Å². The summed E-state index contributed by atoms with van der Waals surface area (Å²) in [4.78, 5) is 11.8. The maximum absolute atomic E-state index is 12.5. The van der Waals surface area contributed by atoms with Gasteiger partial charge in [-0.1, -0.05) is 30.7 Å². The number of carbonyl (C=O) groups excluding carboxylic acids is 1. The number of carbonyl (C=O) groups is 1. The van der Waals surface area contributed by atoms with Crippen molar-refractivity contribution in [2.45, 2.75) is 30.0 Å². The van der Waals surface area contributed by atoms with E-state index < -0.39 is 26.4 Å². The molecule has 2 rings (SSSR count). The molecule has 0 saturated carbocycles. The van der Waals surface area contributed by atoms with Gasteiger partial charge in [-0.05, 0) is 48.4 Å². The van der Waals surface area contributed by atoms with E-state index in [-0.39, 0.29) is 11.6 Å². The fraction of sp³-hybridized carbons (Fsp3) is 0.235. The van der Waals surface area contributed by atoms with E-state index in [0.717, 1.165) is 17.7 Å². The molecule has 0 aromatic heterocycles. The monoisotopic (exact) mass is 387 g/mol. The van der Waals surface area contributed by atoms with E-state index in [2.05, 4.69) is 5.32 Å². The Kier molecular flexibility index (Phi) is 6.13. The van der Waals surface area contributed by atoms with Crippen LogP contribution in [0.3, 0.4) is 0 Å². The lowest BCUT2D eigenvalue weighted by atomic mass is 10.0.